The average Bonchev–Trinajstić information content (AvgIpc) is 2.95. The van der Waals surface area contributed by atoms with Crippen LogP contribution in [-0.2, 0) is 4.79 Å². The zero-order chi connectivity index (χ0) is 18.7. The van der Waals surface area contributed by atoms with Crippen molar-refractivity contribution in [1.82, 2.24) is 10.2 Å². The summed E-state index contributed by atoms with van der Waals surface area (Å²) >= 11 is 5.39. The average molecular weight is 368 g/mol. The molecule has 134 valence electrons. The topological polar surface area (TPSA) is 50.8 Å². The van der Waals surface area contributed by atoms with Gasteiger partial charge in [0.05, 0.1) is 20.3 Å². The standard InChI is InChI=1S/C20H20N2O3S/c1-13(14-7-5-4-6-8-14)22-19(23)17(21-20(22)26)11-15-9-10-16(24-2)12-18(15)25-3/h4-13H,1-3H3,(H,21,26)/b17-11-. The molecule has 1 aliphatic heterocycles. The first-order valence-corrected chi connectivity index (χ1v) is 8.59. The molecule has 2 aromatic rings. The van der Waals surface area contributed by atoms with Crippen LogP contribution in [0.5, 0.6) is 11.5 Å². The Kier molecular flexibility index (Phi) is 5.23. The Hall–Kier alpha value is -2.86. The second-order valence-corrected chi connectivity index (χ2v) is 6.24. The quantitative estimate of drug-likeness (QED) is 0.646. The van der Waals surface area contributed by atoms with Crippen LogP contribution in [-0.4, -0.2) is 30.1 Å². The van der Waals surface area contributed by atoms with Gasteiger partial charge in [-0.05, 0) is 42.9 Å². The Morgan fingerprint density at radius 3 is 2.50 bits per heavy atom. The fourth-order valence-corrected chi connectivity index (χ4v) is 3.23. The number of carbonyl (C=O) groups is 1. The van der Waals surface area contributed by atoms with Gasteiger partial charge in [0.2, 0.25) is 0 Å². The molecule has 1 aliphatic rings. The van der Waals surface area contributed by atoms with Crippen molar-refractivity contribution < 1.29 is 14.3 Å². The highest BCUT2D eigenvalue weighted by Crippen LogP contribution is 2.29. The molecule has 1 fully saturated rings. The van der Waals surface area contributed by atoms with E-state index in [1.807, 2.05) is 49.4 Å². The van der Waals surface area contributed by atoms with Gasteiger partial charge < -0.3 is 14.8 Å². The highest BCUT2D eigenvalue weighted by atomic mass is 32.1. The molecule has 0 saturated carbocycles. The predicted molar refractivity (Wildman–Crippen MR) is 105 cm³/mol. The number of amides is 1. The minimum absolute atomic E-state index is 0.160. The maximum absolute atomic E-state index is 12.9. The van der Waals surface area contributed by atoms with Gasteiger partial charge in [-0.1, -0.05) is 30.3 Å². The van der Waals surface area contributed by atoms with Crippen LogP contribution in [0.25, 0.3) is 6.08 Å². The summed E-state index contributed by atoms with van der Waals surface area (Å²) in [6.45, 7) is 1.96. The Morgan fingerprint density at radius 2 is 1.85 bits per heavy atom. The molecular weight excluding hydrogens is 348 g/mol. The maximum Gasteiger partial charge on any atom is 0.277 e. The monoisotopic (exact) mass is 368 g/mol. The number of thiocarbonyl (C=S) groups is 1. The lowest BCUT2D eigenvalue weighted by Crippen LogP contribution is -2.33. The summed E-state index contributed by atoms with van der Waals surface area (Å²) in [6.07, 6.45) is 1.74. The second kappa shape index (κ2) is 7.58. The molecule has 26 heavy (non-hydrogen) atoms. The minimum atomic E-state index is -0.163. The summed E-state index contributed by atoms with van der Waals surface area (Å²) in [4.78, 5) is 14.5. The normalized spacial score (nSPS) is 16.6. The molecule has 3 rings (SSSR count). The molecule has 0 spiro atoms. The molecule has 6 heteroatoms. The summed E-state index contributed by atoms with van der Waals surface area (Å²) in [6, 6.07) is 15.1. The summed E-state index contributed by atoms with van der Waals surface area (Å²) in [5.74, 6) is 1.14. The van der Waals surface area contributed by atoms with E-state index in [-0.39, 0.29) is 11.9 Å². The molecule has 1 amide bonds. The molecule has 0 bridgehead atoms. The van der Waals surface area contributed by atoms with Crippen LogP contribution in [0, 0.1) is 0 Å². The van der Waals surface area contributed by atoms with Crippen LogP contribution in [0.15, 0.2) is 54.2 Å². The Morgan fingerprint density at radius 1 is 1.12 bits per heavy atom. The lowest BCUT2D eigenvalue weighted by Gasteiger charge is -2.23. The number of methoxy groups -OCH3 is 2. The highest BCUT2D eigenvalue weighted by molar-refractivity contribution is 7.80. The van der Waals surface area contributed by atoms with E-state index in [2.05, 4.69) is 5.32 Å². The van der Waals surface area contributed by atoms with Crippen LogP contribution in [0.1, 0.15) is 24.1 Å². The Labute approximate surface area is 158 Å². The third-order valence-electron chi connectivity index (χ3n) is 4.32. The molecule has 0 radical (unpaired) electrons. The van der Waals surface area contributed by atoms with Crippen molar-refractivity contribution in [2.45, 2.75) is 13.0 Å². The van der Waals surface area contributed by atoms with Crippen LogP contribution < -0.4 is 14.8 Å². The van der Waals surface area contributed by atoms with Gasteiger partial charge in [0.15, 0.2) is 5.11 Å². The lowest BCUT2D eigenvalue weighted by atomic mass is 10.1. The lowest BCUT2D eigenvalue weighted by molar-refractivity contribution is -0.123. The van der Waals surface area contributed by atoms with E-state index in [1.54, 1.807) is 31.3 Å². The van der Waals surface area contributed by atoms with Crippen molar-refractivity contribution in [2.24, 2.45) is 0 Å². The van der Waals surface area contributed by atoms with E-state index in [4.69, 9.17) is 21.7 Å². The fourth-order valence-electron chi connectivity index (χ4n) is 2.87. The smallest absolute Gasteiger partial charge is 0.277 e. The van der Waals surface area contributed by atoms with Crippen molar-refractivity contribution in [1.29, 1.82) is 0 Å². The van der Waals surface area contributed by atoms with Crippen LogP contribution in [0.3, 0.4) is 0 Å². The molecule has 2 aromatic carbocycles. The number of benzene rings is 2. The number of hydrogen-bond donors (Lipinski definition) is 1. The van der Waals surface area contributed by atoms with Crippen molar-refractivity contribution >= 4 is 29.3 Å². The van der Waals surface area contributed by atoms with Crippen molar-refractivity contribution in [3.63, 3.8) is 0 Å². The number of nitrogens with zero attached hydrogens (tertiary/aromatic N) is 1. The molecule has 0 aliphatic carbocycles. The molecule has 1 unspecified atom stereocenters. The van der Waals surface area contributed by atoms with E-state index in [0.29, 0.717) is 22.3 Å². The zero-order valence-electron chi connectivity index (χ0n) is 14.9. The molecule has 1 saturated heterocycles. The van der Waals surface area contributed by atoms with Crippen molar-refractivity contribution in [3.8, 4) is 11.5 Å². The van der Waals surface area contributed by atoms with Crippen LogP contribution in [0.2, 0.25) is 0 Å². The SMILES string of the molecule is COc1ccc(/C=C2\NC(=S)N(C(C)c3ccccc3)C2=O)c(OC)c1. The van der Waals surface area contributed by atoms with Gasteiger partial charge in [-0.2, -0.15) is 0 Å². The first-order valence-electron chi connectivity index (χ1n) is 8.18. The van der Waals surface area contributed by atoms with Crippen molar-refractivity contribution in [3.05, 3.63) is 65.4 Å². The highest BCUT2D eigenvalue weighted by Gasteiger charge is 2.34. The van der Waals surface area contributed by atoms with Crippen LogP contribution >= 0.6 is 12.2 Å². The number of rotatable bonds is 5. The molecule has 1 N–H and O–H groups in total. The third-order valence-corrected chi connectivity index (χ3v) is 4.62. The number of hydrogen-bond acceptors (Lipinski definition) is 4. The van der Waals surface area contributed by atoms with Crippen LogP contribution in [0.4, 0.5) is 0 Å². The van der Waals surface area contributed by atoms with Gasteiger partial charge in [-0.25, -0.2) is 0 Å². The summed E-state index contributed by atoms with van der Waals surface area (Å²) in [5, 5.41) is 3.41. The largest absolute Gasteiger partial charge is 0.497 e. The van der Waals surface area contributed by atoms with Gasteiger partial charge in [0.1, 0.15) is 17.2 Å². The summed E-state index contributed by atoms with van der Waals surface area (Å²) in [7, 11) is 3.17. The van der Waals surface area contributed by atoms with E-state index < -0.39 is 0 Å². The first-order chi connectivity index (χ1) is 12.5. The van der Waals surface area contributed by atoms with E-state index in [0.717, 1.165) is 11.1 Å². The number of nitrogens with one attached hydrogen (secondary N) is 1. The number of carbonyl (C=O) groups excluding carboxylic acids is 1. The molecule has 5 nitrogen and oxygen atoms in total. The molecule has 0 aromatic heterocycles. The minimum Gasteiger partial charge on any atom is -0.497 e. The van der Waals surface area contributed by atoms with Gasteiger partial charge in [-0.3, -0.25) is 9.69 Å². The van der Waals surface area contributed by atoms with Gasteiger partial charge in [-0.15, -0.1) is 0 Å². The summed E-state index contributed by atoms with van der Waals surface area (Å²) in [5.41, 5.74) is 2.20. The predicted octanol–water partition coefficient (Wildman–Crippen LogP) is 3.52. The maximum atomic E-state index is 12.9. The fraction of sp³-hybridized carbons (Fsp3) is 0.200. The van der Waals surface area contributed by atoms with Gasteiger partial charge in [0, 0.05) is 11.6 Å². The third kappa shape index (κ3) is 3.41. The molecule has 1 heterocycles. The van der Waals surface area contributed by atoms with E-state index in [9.17, 15) is 4.79 Å². The number of ether oxygens (including phenoxy) is 2. The van der Waals surface area contributed by atoms with E-state index >= 15 is 0 Å². The second-order valence-electron chi connectivity index (χ2n) is 5.86. The van der Waals surface area contributed by atoms with Gasteiger partial charge in [0.25, 0.3) is 5.91 Å². The molecular formula is C20H20N2O3S. The molecule has 1 atom stereocenters. The van der Waals surface area contributed by atoms with E-state index in [1.165, 1.54) is 0 Å². The first kappa shape index (κ1) is 17.9. The Bertz CT molecular complexity index is 865. The Balaban J connectivity index is 1.90. The zero-order valence-corrected chi connectivity index (χ0v) is 15.7. The van der Waals surface area contributed by atoms with Crippen molar-refractivity contribution in [2.75, 3.05) is 14.2 Å². The summed E-state index contributed by atoms with van der Waals surface area (Å²) < 4.78 is 10.6. The van der Waals surface area contributed by atoms with Gasteiger partial charge >= 0.3 is 0 Å².